The van der Waals surface area contributed by atoms with Crippen LogP contribution in [0.1, 0.15) is 37.7 Å². The lowest BCUT2D eigenvalue weighted by atomic mass is 9.89. The van der Waals surface area contributed by atoms with Crippen LogP contribution in [0.5, 0.6) is 0 Å². The highest BCUT2D eigenvalue weighted by atomic mass is 35.5. The number of piperidine rings is 1. The first-order valence-corrected chi connectivity index (χ1v) is 10.8. The highest BCUT2D eigenvalue weighted by Crippen LogP contribution is 2.32. The number of para-hydroxylation sites is 1. The summed E-state index contributed by atoms with van der Waals surface area (Å²) in [4.78, 5) is 26.3. The van der Waals surface area contributed by atoms with Gasteiger partial charge in [0.2, 0.25) is 5.91 Å². The molecule has 1 atom stereocenters. The van der Waals surface area contributed by atoms with Gasteiger partial charge in [0.15, 0.2) is 0 Å². The van der Waals surface area contributed by atoms with Gasteiger partial charge in [-0.1, -0.05) is 48.3 Å². The van der Waals surface area contributed by atoms with Crippen molar-refractivity contribution in [3.05, 3.63) is 58.1 Å². The number of rotatable bonds is 5. The van der Waals surface area contributed by atoms with E-state index in [2.05, 4.69) is 10.6 Å². The molecule has 3 amide bonds. The van der Waals surface area contributed by atoms with Gasteiger partial charge in [-0.3, -0.25) is 4.79 Å². The summed E-state index contributed by atoms with van der Waals surface area (Å²) < 4.78 is 0. The molecule has 0 bridgehead atoms. The van der Waals surface area contributed by atoms with Crippen LogP contribution in [0.15, 0.2) is 42.5 Å². The number of halogens is 2. The van der Waals surface area contributed by atoms with E-state index in [-0.39, 0.29) is 11.9 Å². The lowest BCUT2D eigenvalue weighted by Gasteiger charge is -2.32. The molecule has 4 N–H and O–H groups in total. The molecule has 0 aromatic heterocycles. The second kappa shape index (κ2) is 10.2. The molecule has 1 fully saturated rings. The van der Waals surface area contributed by atoms with Crippen LogP contribution >= 0.6 is 23.2 Å². The van der Waals surface area contributed by atoms with Crippen LogP contribution in [0.25, 0.3) is 0 Å². The molecule has 1 saturated heterocycles. The van der Waals surface area contributed by atoms with Crippen molar-refractivity contribution < 1.29 is 9.59 Å². The first-order valence-electron chi connectivity index (χ1n) is 10.1. The van der Waals surface area contributed by atoms with Crippen molar-refractivity contribution in [1.82, 2.24) is 4.90 Å². The molecular weight excluding hydrogens is 423 g/mol. The number of benzene rings is 2. The lowest BCUT2D eigenvalue weighted by Crippen LogP contribution is -2.40. The Bertz CT molecular complexity index is 876. The van der Waals surface area contributed by atoms with Crippen LogP contribution in [0.2, 0.25) is 10.0 Å². The first-order chi connectivity index (χ1) is 14.4. The second-order valence-corrected chi connectivity index (χ2v) is 8.23. The van der Waals surface area contributed by atoms with E-state index in [9.17, 15) is 9.59 Å². The largest absolute Gasteiger partial charge is 0.325 e. The van der Waals surface area contributed by atoms with Gasteiger partial charge in [-0.05, 0) is 55.0 Å². The number of urea groups is 1. The average molecular weight is 449 g/mol. The predicted octanol–water partition coefficient (Wildman–Crippen LogP) is 5.08. The quantitative estimate of drug-likeness (QED) is 0.595. The molecule has 6 nitrogen and oxygen atoms in total. The zero-order chi connectivity index (χ0) is 21.7. The molecule has 2 aromatic carbocycles. The van der Waals surface area contributed by atoms with Crippen LogP contribution in [0.3, 0.4) is 0 Å². The lowest BCUT2D eigenvalue weighted by molar-refractivity contribution is -0.117. The fourth-order valence-electron chi connectivity index (χ4n) is 3.48. The maximum atomic E-state index is 12.6. The minimum Gasteiger partial charge on any atom is -0.325 e. The van der Waals surface area contributed by atoms with Gasteiger partial charge < -0.3 is 21.3 Å². The van der Waals surface area contributed by atoms with Crippen molar-refractivity contribution in [2.45, 2.75) is 38.1 Å². The van der Waals surface area contributed by atoms with Crippen molar-refractivity contribution in [2.75, 3.05) is 23.7 Å². The maximum Gasteiger partial charge on any atom is 0.321 e. The van der Waals surface area contributed by atoms with Gasteiger partial charge in [0, 0.05) is 18.8 Å². The van der Waals surface area contributed by atoms with E-state index in [1.54, 1.807) is 23.1 Å². The standard InChI is InChI=1S/C22H26Cl2N4O2/c1-2-19(25)21(29)26-16-8-6-14(7-9-16)15-10-12-28(13-11-15)22(30)27-20-17(23)4-3-5-18(20)24/h3-9,15,19H,2,10-13,25H2,1H3,(H,26,29)(H,27,30). The number of nitrogens with two attached hydrogens (primary N) is 1. The minimum atomic E-state index is -0.499. The molecule has 1 aliphatic rings. The molecule has 0 spiro atoms. The summed E-state index contributed by atoms with van der Waals surface area (Å²) in [5.41, 5.74) is 8.12. The van der Waals surface area contributed by atoms with E-state index in [1.165, 1.54) is 5.56 Å². The monoisotopic (exact) mass is 448 g/mol. The normalized spacial score (nSPS) is 15.5. The summed E-state index contributed by atoms with van der Waals surface area (Å²) in [5, 5.41) is 6.47. The van der Waals surface area contributed by atoms with Crippen LogP contribution < -0.4 is 16.4 Å². The topological polar surface area (TPSA) is 87.5 Å². The summed E-state index contributed by atoms with van der Waals surface area (Å²) in [5.74, 6) is 0.184. The number of carbonyl (C=O) groups excluding carboxylic acids is 2. The summed E-state index contributed by atoms with van der Waals surface area (Å²) in [6.45, 7) is 3.16. The van der Waals surface area contributed by atoms with Gasteiger partial charge in [-0.2, -0.15) is 0 Å². The van der Waals surface area contributed by atoms with Crippen LogP contribution in [-0.2, 0) is 4.79 Å². The van der Waals surface area contributed by atoms with Gasteiger partial charge in [0.25, 0.3) is 0 Å². The molecule has 160 valence electrons. The van der Waals surface area contributed by atoms with Gasteiger partial charge in [0.05, 0.1) is 21.8 Å². The Morgan fingerprint density at radius 3 is 2.23 bits per heavy atom. The zero-order valence-corrected chi connectivity index (χ0v) is 18.3. The molecular formula is C22H26Cl2N4O2. The highest BCUT2D eigenvalue weighted by molar-refractivity contribution is 6.39. The Morgan fingerprint density at radius 2 is 1.67 bits per heavy atom. The molecule has 0 aliphatic carbocycles. The van der Waals surface area contributed by atoms with Gasteiger partial charge in [-0.25, -0.2) is 4.79 Å². The molecule has 1 unspecified atom stereocenters. The van der Waals surface area contributed by atoms with Crippen LogP contribution in [0.4, 0.5) is 16.2 Å². The number of nitrogens with zero attached hydrogens (tertiary/aromatic N) is 1. The van der Waals surface area contributed by atoms with E-state index in [0.717, 1.165) is 18.5 Å². The number of likely N-dealkylation sites (tertiary alicyclic amines) is 1. The van der Waals surface area contributed by atoms with Crippen molar-refractivity contribution in [3.8, 4) is 0 Å². The van der Waals surface area contributed by atoms with Crippen molar-refractivity contribution in [3.63, 3.8) is 0 Å². The van der Waals surface area contributed by atoms with Gasteiger partial charge in [-0.15, -0.1) is 0 Å². The number of hydrogen-bond acceptors (Lipinski definition) is 3. The minimum absolute atomic E-state index is 0.178. The second-order valence-electron chi connectivity index (χ2n) is 7.41. The fraction of sp³-hybridized carbons (Fsp3) is 0.364. The number of hydrogen-bond donors (Lipinski definition) is 3. The SMILES string of the molecule is CCC(N)C(=O)Nc1ccc(C2CCN(C(=O)Nc3c(Cl)cccc3Cl)CC2)cc1. The number of amides is 3. The summed E-state index contributed by atoms with van der Waals surface area (Å²) in [7, 11) is 0. The van der Waals surface area contributed by atoms with E-state index < -0.39 is 6.04 Å². The fourth-order valence-corrected chi connectivity index (χ4v) is 3.97. The summed E-state index contributed by atoms with van der Waals surface area (Å²) >= 11 is 12.3. The van der Waals surface area contributed by atoms with Gasteiger partial charge in [0.1, 0.15) is 0 Å². The van der Waals surface area contributed by atoms with Crippen molar-refractivity contribution in [1.29, 1.82) is 0 Å². The number of nitrogens with one attached hydrogen (secondary N) is 2. The molecule has 3 rings (SSSR count). The smallest absolute Gasteiger partial charge is 0.321 e. The number of anilines is 2. The zero-order valence-electron chi connectivity index (χ0n) is 16.8. The first kappa shape index (κ1) is 22.4. The molecule has 30 heavy (non-hydrogen) atoms. The highest BCUT2D eigenvalue weighted by Gasteiger charge is 2.24. The molecule has 1 heterocycles. The van der Waals surface area contributed by atoms with E-state index >= 15 is 0 Å². The van der Waals surface area contributed by atoms with Crippen LogP contribution in [-0.4, -0.2) is 36.0 Å². The van der Waals surface area contributed by atoms with Gasteiger partial charge >= 0.3 is 6.03 Å². The Labute approximate surface area is 186 Å². The van der Waals surface area contributed by atoms with Crippen LogP contribution in [0, 0.1) is 0 Å². The molecule has 2 aromatic rings. The Morgan fingerprint density at radius 1 is 1.07 bits per heavy atom. The van der Waals surface area contributed by atoms with E-state index in [4.69, 9.17) is 28.9 Å². The van der Waals surface area contributed by atoms with E-state index in [1.807, 2.05) is 31.2 Å². The number of carbonyl (C=O) groups is 2. The third kappa shape index (κ3) is 5.45. The average Bonchev–Trinajstić information content (AvgIpc) is 2.76. The third-order valence-electron chi connectivity index (χ3n) is 5.40. The van der Waals surface area contributed by atoms with Crippen molar-refractivity contribution in [2.24, 2.45) is 5.73 Å². The molecule has 8 heteroatoms. The third-order valence-corrected chi connectivity index (χ3v) is 6.03. The Kier molecular flexibility index (Phi) is 7.58. The van der Waals surface area contributed by atoms with E-state index in [0.29, 0.717) is 41.2 Å². The summed E-state index contributed by atoms with van der Waals surface area (Å²) in [6.07, 6.45) is 2.31. The summed E-state index contributed by atoms with van der Waals surface area (Å²) in [6, 6.07) is 12.3. The molecule has 0 radical (unpaired) electrons. The Hall–Kier alpha value is -2.28. The van der Waals surface area contributed by atoms with Crippen molar-refractivity contribution >= 4 is 46.5 Å². The molecule has 1 aliphatic heterocycles. The Balaban J connectivity index is 1.54. The predicted molar refractivity (Wildman–Crippen MR) is 122 cm³/mol. The maximum absolute atomic E-state index is 12.6. The molecule has 0 saturated carbocycles.